The lowest BCUT2D eigenvalue weighted by Gasteiger charge is -2.18. The summed E-state index contributed by atoms with van der Waals surface area (Å²) in [7, 11) is 3.99. The van der Waals surface area contributed by atoms with Gasteiger partial charge in [-0.2, -0.15) is 0 Å². The molecule has 0 amide bonds. The molecule has 6 nitrogen and oxygen atoms in total. The summed E-state index contributed by atoms with van der Waals surface area (Å²) in [6.07, 6.45) is 0. The van der Waals surface area contributed by atoms with Crippen LogP contribution in [-0.2, 0) is 10.8 Å². The van der Waals surface area contributed by atoms with Crippen LogP contribution in [-0.4, -0.2) is 48.5 Å². The zero-order valence-electron chi connectivity index (χ0n) is 15.1. The number of aliphatic imine (C=N–C) groups is 1. The van der Waals surface area contributed by atoms with Crippen LogP contribution in [0, 0.1) is 0 Å². The van der Waals surface area contributed by atoms with Crippen molar-refractivity contribution in [2.45, 2.75) is 25.5 Å². The topological polar surface area (TPSA) is 72.0 Å². The van der Waals surface area contributed by atoms with Crippen molar-refractivity contribution in [2.75, 3.05) is 38.9 Å². The Bertz CT molecular complexity index is 574. The van der Waals surface area contributed by atoms with E-state index in [4.69, 9.17) is 9.47 Å². The molecule has 8 heteroatoms. The average Bonchev–Trinajstić information content (AvgIpc) is 2.52. The molecule has 138 valence electrons. The van der Waals surface area contributed by atoms with Crippen molar-refractivity contribution in [3.63, 3.8) is 0 Å². The van der Waals surface area contributed by atoms with E-state index in [0.717, 1.165) is 5.69 Å². The fourth-order valence-corrected chi connectivity index (χ4v) is 2.70. The summed E-state index contributed by atoms with van der Waals surface area (Å²) in [5.41, 5.74) is 0.827. The Morgan fingerprint density at radius 2 is 1.83 bits per heavy atom. The molecule has 1 unspecified atom stereocenters. The van der Waals surface area contributed by atoms with Crippen LogP contribution in [0.2, 0.25) is 0 Å². The van der Waals surface area contributed by atoms with Gasteiger partial charge in [-0.3, -0.25) is 9.20 Å². The average molecular weight is 469 g/mol. The molecule has 1 aromatic rings. The Morgan fingerprint density at radius 3 is 2.33 bits per heavy atom. The Balaban J connectivity index is 0.00000529. The predicted octanol–water partition coefficient (Wildman–Crippen LogP) is 2.86. The molecule has 0 bridgehead atoms. The molecule has 24 heavy (non-hydrogen) atoms. The molecule has 0 saturated carbocycles. The standard InChI is InChI=1S/C16H27N3O3S.HI/c1-16(2,3)23(20)10-9-18-15(17-4)19-12-7-8-13(21-5)14(11-12)22-6;/h7-8,11H,9-10H2,1-6H3,(H2,17,18,19);1H. The lowest BCUT2D eigenvalue weighted by molar-refractivity contribution is 0.355. The lowest BCUT2D eigenvalue weighted by atomic mass is 10.3. The highest BCUT2D eigenvalue weighted by Gasteiger charge is 2.18. The maximum atomic E-state index is 12.0. The molecule has 0 fully saturated rings. The second kappa shape index (κ2) is 10.8. The number of nitrogens with zero attached hydrogens (tertiary/aromatic N) is 1. The molecule has 1 rings (SSSR count). The SMILES string of the molecule is CN=C(NCCS(=O)C(C)(C)C)Nc1ccc(OC)c(OC)c1.I. The first-order chi connectivity index (χ1) is 10.8. The number of hydrogen-bond acceptors (Lipinski definition) is 4. The Kier molecular flexibility index (Phi) is 10.3. The van der Waals surface area contributed by atoms with Crippen molar-refractivity contribution in [2.24, 2.45) is 4.99 Å². The summed E-state index contributed by atoms with van der Waals surface area (Å²) in [4.78, 5) is 4.16. The van der Waals surface area contributed by atoms with Crippen LogP contribution in [0.25, 0.3) is 0 Å². The quantitative estimate of drug-likeness (QED) is 0.381. The maximum absolute atomic E-state index is 12.0. The van der Waals surface area contributed by atoms with Gasteiger partial charge in [-0.25, -0.2) is 0 Å². The van der Waals surface area contributed by atoms with E-state index in [9.17, 15) is 4.21 Å². The summed E-state index contributed by atoms with van der Waals surface area (Å²) in [6, 6.07) is 5.53. The van der Waals surface area contributed by atoms with Gasteiger partial charge in [0.2, 0.25) is 0 Å². The van der Waals surface area contributed by atoms with Gasteiger partial charge < -0.3 is 20.1 Å². The third-order valence-corrected chi connectivity index (χ3v) is 5.07. The molecular weight excluding hydrogens is 441 g/mol. The number of ether oxygens (including phenoxy) is 2. The molecule has 0 saturated heterocycles. The van der Waals surface area contributed by atoms with E-state index in [2.05, 4.69) is 15.6 Å². The van der Waals surface area contributed by atoms with Crippen molar-refractivity contribution >= 4 is 46.4 Å². The second-order valence-electron chi connectivity index (χ2n) is 5.86. The van der Waals surface area contributed by atoms with Crippen molar-refractivity contribution in [3.05, 3.63) is 18.2 Å². The zero-order valence-corrected chi connectivity index (χ0v) is 18.3. The van der Waals surface area contributed by atoms with Crippen molar-refractivity contribution in [3.8, 4) is 11.5 Å². The summed E-state index contributed by atoms with van der Waals surface area (Å²) < 4.78 is 22.3. The number of guanidine groups is 1. The van der Waals surface area contributed by atoms with Gasteiger partial charge in [0.1, 0.15) is 0 Å². The first-order valence-electron chi connectivity index (χ1n) is 7.40. The van der Waals surface area contributed by atoms with Crippen LogP contribution in [0.4, 0.5) is 5.69 Å². The molecule has 0 heterocycles. The molecule has 0 aliphatic rings. The number of hydrogen-bond donors (Lipinski definition) is 2. The number of halogens is 1. The highest BCUT2D eigenvalue weighted by atomic mass is 127. The molecule has 1 aromatic carbocycles. The van der Waals surface area contributed by atoms with Gasteiger partial charge in [0.05, 0.1) is 14.2 Å². The Hall–Kier alpha value is -1.03. The van der Waals surface area contributed by atoms with Crippen molar-refractivity contribution in [1.82, 2.24) is 5.32 Å². The van der Waals surface area contributed by atoms with Crippen LogP contribution in [0.15, 0.2) is 23.2 Å². The van der Waals surface area contributed by atoms with E-state index < -0.39 is 10.8 Å². The van der Waals surface area contributed by atoms with Crippen LogP contribution >= 0.6 is 24.0 Å². The van der Waals surface area contributed by atoms with Gasteiger partial charge in [-0.05, 0) is 32.9 Å². The molecule has 2 N–H and O–H groups in total. The van der Waals surface area contributed by atoms with E-state index in [1.54, 1.807) is 21.3 Å². The number of rotatable bonds is 6. The highest BCUT2D eigenvalue weighted by Crippen LogP contribution is 2.29. The smallest absolute Gasteiger partial charge is 0.195 e. The van der Waals surface area contributed by atoms with Gasteiger partial charge in [0.25, 0.3) is 0 Å². The summed E-state index contributed by atoms with van der Waals surface area (Å²) >= 11 is 0. The number of methoxy groups -OCH3 is 2. The lowest BCUT2D eigenvalue weighted by Crippen LogP contribution is -2.36. The zero-order chi connectivity index (χ0) is 17.5. The molecular formula is C16H28IN3O3S. The molecule has 0 spiro atoms. The summed E-state index contributed by atoms with van der Waals surface area (Å²) in [5, 5.41) is 6.33. The minimum atomic E-state index is -0.893. The van der Waals surface area contributed by atoms with Crippen molar-refractivity contribution < 1.29 is 13.7 Å². The van der Waals surface area contributed by atoms with Crippen LogP contribution in [0.3, 0.4) is 0 Å². The van der Waals surface area contributed by atoms with E-state index >= 15 is 0 Å². The monoisotopic (exact) mass is 469 g/mol. The highest BCUT2D eigenvalue weighted by molar-refractivity contribution is 14.0. The third kappa shape index (κ3) is 7.25. The molecule has 0 radical (unpaired) electrons. The van der Waals surface area contributed by atoms with E-state index in [-0.39, 0.29) is 28.7 Å². The number of benzene rings is 1. The maximum Gasteiger partial charge on any atom is 0.195 e. The molecule has 0 aromatic heterocycles. The summed E-state index contributed by atoms with van der Waals surface area (Å²) in [5.74, 6) is 2.49. The van der Waals surface area contributed by atoms with Crippen LogP contribution in [0.5, 0.6) is 11.5 Å². The van der Waals surface area contributed by atoms with E-state index in [1.807, 2.05) is 39.0 Å². The Morgan fingerprint density at radius 1 is 1.21 bits per heavy atom. The second-order valence-corrected chi connectivity index (χ2v) is 8.18. The minimum absolute atomic E-state index is 0. The third-order valence-electron chi connectivity index (χ3n) is 3.13. The summed E-state index contributed by atoms with van der Waals surface area (Å²) in [6.45, 7) is 6.50. The van der Waals surface area contributed by atoms with Gasteiger partial charge >= 0.3 is 0 Å². The van der Waals surface area contributed by atoms with Gasteiger partial charge in [0, 0.05) is 46.6 Å². The van der Waals surface area contributed by atoms with Crippen molar-refractivity contribution in [1.29, 1.82) is 0 Å². The first kappa shape index (κ1) is 23.0. The minimum Gasteiger partial charge on any atom is -0.493 e. The molecule has 0 aliphatic heterocycles. The van der Waals surface area contributed by atoms with Gasteiger partial charge in [0.15, 0.2) is 17.5 Å². The largest absolute Gasteiger partial charge is 0.493 e. The van der Waals surface area contributed by atoms with Crippen LogP contribution < -0.4 is 20.1 Å². The first-order valence-corrected chi connectivity index (χ1v) is 8.72. The van der Waals surface area contributed by atoms with Gasteiger partial charge in [-0.1, -0.05) is 0 Å². The van der Waals surface area contributed by atoms with Crippen LogP contribution in [0.1, 0.15) is 20.8 Å². The van der Waals surface area contributed by atoms with E-state index in [0.29, 0.717) is 29.8 Å². The fourth-order valence-electron chi connectivity index (χ4n) is 1.80. The fraction of sp³-hybridized carbons (Fsp3) is 0.562. The van der Waals surface area contributed by atoms with E-state index in [1.165, 1.54) is 0 Å². The molecule has 0 aliphatic carbocycles. The predicted molar refractivity (Wildman–Crippen MR) is 113 cm³/mol. The van der Waals surface area contributed by atoms with Gasteiger partial charge in [-0.15, -0.1) is 24.0 Å². The number of anilines is 1. The number of nitrogens with one attached hydrogen (secondary N) is 2. The Labute approximate surface area is 164 Å². The molecule has 1 atom stereocenters. The normalized spacial score (nSPS) is 12.8.